The van der Waals surface area contributed by atoms with E-state index in [0.717, 1.165) is 29.6 Å². The van der Waals surface area contributed by atoms with Gasteiger partial charge in [-0.15, -0.1) is 0 Å². The van der Waals surface area contributed by atoms with Gasteiger partial charge in [-0.1, -0.05) is 30.0 Å². The molecule has 1 aromatic heterocycles. The Labute approximate surface area is 118 Å². The molecule has 0 bridgehead atoms. The van der Waals surface area contributed by atoms with E-state index in [9.17, 15) is 0 Å². The summed E-state index contributed by atoms with van der Waals surface area (Å²) in [4.78, 5) is 7.17. The summed E-state index contributed by atoms with van der Waals surface area (Å²) >= 11 is 1.81. The summed E-state index contributed by atoms with van der Waals surface area (Å²) < 4.78 is 2.39. The molecule has 1 saturated heterocycles. The van der Waals surface area contributed by atoms with Gasteiger partial charge in [0.2, 0.25) is 0 Å². The average Bonchev–Trinajstić information content (AvgIpc) is 2.83. The quantitative estimate of drug-likeness (QED) is 0.632. The van der Waals surface area contributed by atoms with Gasteiger partial charge in [-0.3, -0.25) is 0 Å². The summed E-state index contributed by atoms with van der Waals surface area (Å²) in [5, 5.41) is 1.17. The molecule has 19 heavy (non-hydrogen) atoms. The third kappa shape index (κ3) is 2.51. The highest BCUT2D eigenvalue weighted by atomic mass is 32.1. The van der Waals surface area contributed by atoms with E-state index in [1.807, 2.05) is 6.08 Å². The Morgan fingerprint density at radius 3 is 2.79 bits per heavy atom. The SMILES string of the molecule is C=CC[N+]1(C)CCN(c2nc3ccccc3s2)CC1. The molecule has 1 fully saturated rings. The molecule has 0 amide bonds. The van der Waals surface area contributed by atoms with Crippen molar-refractivity contribution >= 4 is 26.7 Å². The molecule has 0 radical (unpaired) electrons. The highest BCUT2D eigenvalue weighted by Crippen LogP contribution is 2.29. The number of aromatic nitrogens is 1. The highest BCUT2D eigenvalue weighted by molar-refractivity contribution is 7.22. The first-order chi connectivity index (χ1) is 9.20. The van der Waals surface area contributed by atoms with Crippen LogP contribution < -0.4 is 4.90 Å². The Balaban J connectivity index is 1.76. The van der Waals surface area contributed by atoms with Crippen LogP contribution >= 0.6 is 11.3 Å². The Morgan fingerprint density at radius 1 is 1.37 bits per heavy atom. The number of anilines is 1. The smallest absolute Gasteiger partial charge is 0.186 e. The van der Waals surface area contributed by atoms with Crippen LogP contribution in [0.2, 0.25) is 0 Å². The van der Waals surface area contributed by atoms with Gasteiger partial charge in [-0.05, 0) is 18.2 Å². The minimum Gasteiger partial charge on any atom is -0.337 e. The third-order valence-corrected chi connectivity index (χ3v) is 5.04. The lowest BCUT2D eigenvalue weighted by molar-refractivity contribution is -0.904. The van der Waals surface area contributed by atoms with Crippen LogP contribution in [-0.4, -0.2) is 49.2 Å². The summed E-state index contributed by atoms with van der Waals surface area (Å²) in [7, 11) is 2.32. The molecule has 4 heteroatoms. The van der Waals surface area contributed by atoms with E-state index in [-0.39, 0.29) is 0 Å². The molecule has 3 nitrogen and oxygen atoms in total. The summed E-state index contributed by atoms with van der Waals surface area (Å²) in [6.07, 6.45) is 2.04. The fourth-order valence-corrected chi connectivity index (χ4v) is 3.65. The first-order valence-electron chi connectivity index (χ1n) is 6.75. The molecule has 1 aliphatic heterocycles. The minimum atomic E-state index is 1.06. The maximum atomic E-state index is 4.75. The van der Waals surface area contributed by atoms with E-state index in [1.165, 1.54) is 22.9 Å². The lowest BCUT2D eigenvalue weighted by Gasteiger charge is -2.41. The molecule has 0 unspecified atom stereocenters. The summed E-state index contributed by atoms with van der Waals surface area (Å²) in [5.74, 6) is 0. The van der Waals surface area contributed by atoms with Crippen LogP contribution in [0, 0.1) is 0 Å². The number of likely N-dealkylation sites (N-methyl/N-ethyl adjacent to an activating group) is 1. The second kappa shape index (κ2) is 4.94. The maximum absolute atomic E-state index is 4.75. The van der Waals surface area contributed by atoms with Crippen molar-refractivity contribution in [3.05, 3.63) is 36.9 Å². The topological polar surface area (TPSA) is 16.1 Å². The lowest BCUT2D eigenvalue weighted by atomic mass is 10.2. The predicted octanol–water partition coefficient (Wildman–Crippen LogP) is 2.75. The van der Waals surface area contributed by atoms with Crippen LogP contribution in [0.1, 0.15) is 0 Å². The van der Waals surface area contributed by atoms with Crippen LogP contribution in [0.5, 0.6) is 0 Å². The summed E-state index contributed by atoms with van der Waals surface area (Å²) in [6, 6.07) is 8.38. The van der Waals surface area contributed by atoms with Crippen molar-refractivity contribution < 1.29 is 4.48 Å². The van der Waals surface area contributed by atoms with Crippen molar-refractivity contribution in [2.45, 2.75) is 0 Å². The lowest BCUT2D eigenvalue weighted by Crippen LogP contribution is -2.57. The zero-order chi connectivity index (χ0) is 13.3. The molecule has 0 N–H and O–H groups in total. The number of rotatable bonds is 3. The summed E-state index contributed by atoms with van der Waals surface area (Å²) in [6.45, 7) is 9.44. The monoisotopic (exact) mass is 274 g/mol. The standard InChI is InChI=1S/C15H20N3S/c1-3-10-18(2)11-8-17(9-12-18)15-16-13-6-4-5-7-14(13)19-15/h3-7H,1,8-12H2,2H3/q+1. The first kappa shape index (κ1) is 12.6. The molecule has 1 aliphatic rings. The van der Waals surface area contributed by atoms with E-state index in [2.05, 4.69) is 42.8 Å². The van der Waals surface area contributed by atoms with Crippen molar-refractivity contribution in [2.75, 3.05) is 44.7 Å². The Hall–Kier alpha value is -1.39. The largest absolute Gasteiger partial charge is 0.337 e. The zero-order valence-corrected chi connectivity index (χ0v) is 12.2. The van der Waals surface area contributed by atoms with Crippen LogP contribution in [-0.2, 0) is 0 Å². The van der Waals surface area contributed by atoms with Gasteiger partial charge < -0.3 is 9.38 Å². The van der Waals surface area contributed by atoms with Crippen molar-refractivity contribution in [3.8, 4) is 0 Å². The van der Waals surface area contributed by atoms with E-state index in [4.69, 9.17) is 4.98 Å². The fourth-order valence-electron chi connectivity index (χ4n) is 2.63. The third-order valence-electron chi connectivity index (χ3n) is 3.94. The molecule has 0 saturated carbocycles. The second-order valence-corrected chi connectivity index (χ2v) is 6.50. The molecule has 0 aliphatic carbocycles. The average molecular weight is 274 g/mol. The highest BCUT2D eigenvalue weighted by Gasteiger charge is 2.28. The van der Waals surface area contributed by atoms with Crippen molar-refractivity contribution in [1.29, 1.82) is 0 Å². The fraction of sp³-hybridized carbons (Fsp3) is 0.400. The van der Waals surface area contributed by atoms with Crippen LogP contribution in [0.25, 0.3) is 10.2 Å². The van der Waals surface area contributed by atoms with E-state index in [1.54, 1.807) is 11.3 Å². The molecule has 100 valence electrons. The summed E-state index contributed by atoms with van der Waals surface area (Å²) in [5.41, 5.74) is 1.12. The van der Waals surface area contributed by atoms with Crippen LogP contribution in [0.15, 0.2) is 36.9 Å². The Morgan fingerprint density at radius 2 is 2.11 bits per heavy atom. The molecular weight excluding hydrogens is 254 g/mol. The zero-order valence-electron chi connectivity index (χ0n) is 11.4. The molecule has 3 rings (SSSR count). The van der Waals surface area contributed by atoms with Crippen molar-refractivity contribution in [2.24, 2.45) is 0 Å². The van der Waals surface area contributed by atoms with Crippen LogP contribution in [0.4, 0.5) is 5.13 Å². The van der Waals surface area contributed by atoms with E-state index in [0.29, 0.717) is 0 Å². The van der Waals surface area contributed by atoms with Crippen molar-refractivity contribution in [1.82, 2.24) is 4.98 Å². The molecular formula is C15H20N3S+. The number of piperazine rings is 1. The number of fused-ring (bicyclic) bond motifs is 1. The number of hydrogen-bond acceptors (Lipinski definition) is 3. The second-order valence-electron chi connectivity index (χ2n) is 5.49. The molecule has 2 aromatic rings. The Bertz CT molecular complexity index is 549. The number of quaternary nitrogens is 1. The van der Waals surface area contributed by atoms with E-state index >= 15 is 0 Å². The number of benzene rings is 1. The van der Waals surface area contributed by atoms with Crippen molar-refractivity contribution in [3.63, 3.8) is 0 Å². The van der Waals surface area contributed by atoms with Gasteiger partial charge >= 0.3 is 0 Å². The first-order valence-corrected chi connectivity index (χ1v) is 7.57. The number of para-hydroxylation sites is 1. The van der Waals surface area contributed by atoms with Crippen LogP contribution in [0.3, 0.4) is 0 Å². The van der Waals surface area contributed by atoms with Gasteiger partial charge in [-0.2, -0.15) is 0 Å². The van der Waals surface area contributed by atoms with Gasteiger partial charge in [0.15, 0.2) is 5.13 Å². The molecule has 2 heterocycles. The van der Waals surface area contributed by atoms with Gasteiger partial charge in [0.05, 0.1) is 50.0 Å². The van der Waals surface area contributed by atoms with Gasteiger partial charge in [0.25, 0.3) is 0 Å². The Kier molecular flexibility index (Phi) is 3.29. The number of thiazole rings is 1. The molecule has 1 aromatic carbocycles. The number of nitrogens with zero attached hydrogens (tertiary/aromatic N) is 3. The molecule has 0 atom stereocenters. The maximum Gasteiger partial charge on any atom is 0.186 e. The van der Waals surface area contributed by atoms with E-state index < -0.39 is 0 Å². The normalized spacial score (nSPS) is 18.7. The van der Waals surface area contributed by atoms with Gasteiger partial charge in [0, 0.05) is 0 Å². The molecule has 0 spiro atoms. The minimum absolute atomic E-state index is 1.06. The van der Waals surface area contributed by atoms with Gasteiger partial charge in [-0.25, -0.2) is 4.98 Å². The predicted molar refractivity (Wildman–Crippen MR) is 82.8 cm³/mol. The van der Waals surface area contributed by atoms with Gasteiger partial charge in [0.1, 0.15) is 0 Å². The number of hydrogen-bond donors (Lipinski definition) is 0.